The lowest BCUT2D eigenvalue weighted by Crippen LogP contribution is -2.33. The maximum absolute atomic E-state index is 13.7. The molecule has 0 spiro atoms. The summed E-state index contributed by atoms with van der Waals surface area (Å²) in [7, 11) is -4.01. The molecule has 0 bridgehead atoms. The van der Waals surface area contributed by atoms with E-state index in [2.05, 4.69) is 9.71 Å². The quantitative estimate of drug-likeness (QED) is 0.383. The minimum absolute atomic E-state index is 0.151. The molecule has 0 saturated carbocycles. The lowest BCUT2D eigenvalue weighted by molar-refractivity contribution is -0.118. The molecule has 8 nitrogen and oxygen atoms in total. The Morgan fingerprint density at radius 1 is 1.09 bits per heavy atom. The highest BCUT2D eigenvalue weighted by molar-refractivity contribution is 7.90. The Hall–Kier alpha value is -3.05. The molecular formula is C23H21Cl2FN4O4S. The summed E-state index contributed by atoms with van der Waals surface area (Å²) in [4.78, 5) is 28.2. The number of nitrogens with zero attached hydrogens (tertiary/aromatic N) is 1. The molecule has 0 aliphatic rings. The number of nitrogens with two attached hydrogens (primary N) is 2. The summed E-state index contributed by atoms with van der Waals surface area (Å²) < 4.78 is 40.2. The van der Waals surface area contributed by atoms with Gasteiger partial charge in [0.2, 0.25) is 21.8 Å². The summed E-state index contributed by atoms with van der Waals surface area (Å²) in [6, 6.07) is 11.8. The lowest BCUT2D eigenvalue weighted by Gasteiger charge is -2.19. The van der Waals surface area contributed by atoms with Gasteiger partial charge in [-0.15, -0.1) is 0 Å². The highest BCUT2D eigenvalue weighted by Crippen LogP contribution is 2.36. The Morgan fingerprint density at radius 2 is 1.74 bits per heavy atom. The molecule has 0 aliphatic carbocycles. The van der Waals surface area contributed by atoms with Crippen molar-refractivity contribution in [2.45, 2.75) is 19.4 Å². The van der Waals surface area contributed by atoms with E-state index in [-0.39, 0.29) is 27.8 Å². The average molecular weight is 539 g/mol. The molecule has 3 rings (SSSR count). The van der Waals surface area contributed by atoms with Crippen LogP contribution in [0.15, 0.2) is 48.5 Å². The van der Waals surface area contributed by atoms with Crippen LogP contribution < -0.4 is 16.2 Å². The van der Waals surface area contributed by atoms with Gasteiger partial charge >= 0.3 is 0 Å². The zero-order valence-corrected chi connectivity index (χ0v) is 20.7. The van der Waals surface area contributed by atoms with Crippen molar-refractivity contribution in [3.05, 3.63) is 86.8 Å². The van der Waals surface area contributed by atoms with E-state index in [4.69, 9.17) is 34.7 Å². The molecule has 35 heavy (non-hydrogen) atoms. The molecule has 1 atom stereocenters. The molecular weight excluding hydrogens is 518 g/mol. The fraction of sp³-hybridized carbons (Fsp3) is 0.174. The summed E-state index contributed by atoms with van der Waals surface area (Å²) in [5.74, 6) is -4.32. The van der Waals surface area contributed by atoms with Crippen LogP contribution in [0, 0.1) is 12.7 Å². The van der Waals surface area contributed by atoms with Crippen molar-refractivity contribution < 1.29 is 22.4 Å². The van der Waals surface area contributed by atoms with Crippen molar-refractivity contribution in [2.24, 2.45) is 11.5 Å². The zero-order chi connectivity index (χ0) is 25.9. The molecule has 2 aromatic carbocycles. The zero-order valence-electron chi connectivity index (χ0n) is 18.4. The van der Waals surface area contributed by atoms with Gasteiger partial charge in [-0.05, 0) is 60.5 Å². The number of benzene rings is 2. The maximum Gasteiger partial charge on any atom is 0.234 e. The van der Waals surface area contributed by atoms with Crippen molar-refractivity contribution >= 4 is 45.0 Å². The topological polar surface area (TPSA) is 145 Å². The van der Waals surface area contributed by atoms with E-state index >= 15 is 0 Å². The minimum atomic E-state index is -4.01. The molecule has 0 saturated heterocycles. The van der Waals surface area contributed by atoms with Gasteiger partial charge in [-0.1, -0.05) is 29.3 Å². The fourth-order valence-corrected chi connectivity index (χ4v) is 5.05. The number of hydrogen-bond donors (Lipinski definition) is 3. The number of carbonyl (C=O) groups excluding carboxylic acids is 2. The van der Waals surface area contributed by atoms with Crippen LogP contribution in [0.3, 0.4) is 0 Å². The van der Waals surface area contributed by atoms with Gasteiger partial charge in [0.05, 0.1) is 11.4 Å². The van der Waals surface area contributed by atoms with Crippen LogP contribution in [0.25, 0.3) is 11.3 Å². The van der Waals surface area contributed by atoms with Crippen molar-refractivity contribution in [3.8, 4) is 11.3 Å². The molecule has 5 N–H and O–H groups in total. The summed E-state index contributed by atoms with van der Waals surface area (Å²) in [5.41, 5.74) is 12.9. The maximum atomic E-state index is 13.7. The van der Waals surface area contributed by atoms with Gasteiger partial charge in [0, 0.05) is 27.7 Å². The summed E-state index contributed by atoms with van der Waals surface area (Å²) in [6.45, 7) is 1.43. The van der Waals surface area contributed by atoms with Gasteiger partial charge in [-0.25, -0.2) is 17.5 Å². The third kappa shape index (κ3) is 6.55. The summed E-state index contributed by atoms with van der Waals surface area (Å²) in [5, 5.41) is 0.380. The molecule has 184 valence electrons. The lowest BCUT2D eigenvalue weighted by atomic mass is 9.92. The Balaban J connectivity index is 2.18. The van der Waals surface area contributed by atoms with Crippen LogP contribution in [0.1, 0.15) is 28.3 Å². The van der Waals surface area contributed by atoms with Gasteiger partial charge in [0.1, 0.15) is 17.5 Å². The number of halogens is 3. The smallest absolute Gasteiger partial charge is 0.234 e. The Labute approximate surface area is 211 Å². The average Bonchev–Trinajstić information content (AvgIpc) is 2.73. The third-order valence-electron chi connectivity index (χ3n) is 5.07. The highest BCUT2D eigenvalue weighted by Gasteiger charge is 2.28. The van der Waals surface area contributed by atoms with Crippen molar-refractivity contribution in [2.75, 3.05) is 5.75 Å². The molecule has 0 fully saturated rings. The van der Waals surface area contributed by atoms with Gasteiger partial charge in [-0.2, -0.15) is 0 Å². The second-order valence-electron chi connectivity index (χ2n) is 7.76. The molecule has 12 heteroatoms. The number of amides is 2. The Morgan fingerprint density at radius 3 is 2.31 bits per heavy atom. The normalized spacial score (nSPS) is 12.3. The summed E-state index contributed by atoms with van der Waals surface area (Å²) in [6.07, 6.45) is 0. The number of aromatic nitrogens is 1. The van der Waals surface area contributed by atoms with Crippen LogP contribution >= 0.6 is 23.2 Å². The first-order valence-electron chi connectivity index (χ1n) is 10.1. The van der Waals surface area contributed by atoms with E-state index in [1.807, 2.05) is 0 Å². The van der Waals surface area contributed by atoms with Gasteiger partial charge in [0.15, 0.2) is 0 Å². The van der Waals surface area contributed by atoms with E-state index in [0.717, 1.165) is 0 Å². The van der Waals surface area contributed by atoms with E-state index in [0.29, 0.717) is 22.4 Å². The number of sulfonamides is 1. The number of nitrogens with one attached hydrogen (secondary N) is 1. The molecule has 3 aromatic rings. The monoisotopic (exact) mass is 538 g/mol. The Bertz CT molecular complexity index is 1400. The molecule has 0 radical (unpaired) electrons. The first-order valence-corrected chi connectivity index (χ1v) is 12.5. The van der Waals surface area contributed by atoms with Crippen LogP contribution in [0.5, 0.6) is 0 Å². The number of carbonyl (C=O) groups is 2. The molecule has 1 aromatic heterocycles. The van der Waals surface area contributed by atoms with Gasteiger partial charge in [-0.3, -0.25) is 14.6 Å². The molecule has 1 unspecified atom stereocenters. The van der Waals surface area contributed by atoms with Crippen molar-refractivity contribution in [3.63, 3.8) is 0 Å². The number of pyridine rings is 1. The number of aryl methyl sites for hydroxylation is 1. The minimum Gasteiger partial charge on any atom is -0.369 e. The van der Waals surface area contributed by atoms with E-state index < -0.39 is 39.3 Å². The first-order chi connectivity index (χ1) is 16.4. The highest BCUT2D eigenvalue weighted by atomic mass is 35.5. The van der Waals surface area contributed by atoms with Crippen LogP contribution in [0.2, 0.25) is 10.0 Å². The van der Waals surface area contributed by atoms with Crippen molar-refractivity contribution in [1.82, 2.24) is 9.71 Å². The van der Waals surface area contributed by atoms with Crippen LogP contribution in [0.4, 0.5) is 4.39 Å². The fourth-order valence-electron chi connectivity index (χ4n) is 3.57. The van der Waals surface area contributed by atoms with E-state index in [1.165, 1.54) is 24.3 Å². The van der Waals surface area contributed by atoms with Crippen molar-refractivity contribution in [1.29, 1.82) is 0 Å². The standard InChI is InChI=1S/C23H21Cl2FN4O4S/c1-12-7-14(26)5-6-15(12)18-8-13(10-29-35(33,34)11-20(27)31)9-19(30-18)22(23(28)32)21-16(24)3-2-4-17(21)25/h2-9,22,29H,10-11H2,1H3,(H2,27,31)(H2,28,32). The van der Waals surface area contributed by atoms with Gasteiger partial charge < -0.3 is 11.5 Å². The predicted octanol–water partition coefficient (Wildman–Crippen LogP) is 3.02. The molecule has 1 heterocycles. The van der Waals surface area contributed by atoms with E-state index in [9.17, 15) is 22.4 Å². The largest absolute Gasteiger partial charge is 0.369 e. The Kier molecular flexibility index (Phi) is 8.11. The molecule has 2 amide bonds. The second-order valence-corrected chi connectivity index (χ2v) is 10.4. The third-order valence-corrected chi connectivity index (χ3v) is 6.97. The summed E-state index contributed by atoms with van der Waals surface area (Å²) >= 11 is 12.7. The van der Waals surface area contributed by atoms with Gasteiger partial charge in [0.25, 0.3) is 0 Å². The number of rotatable bonds is 9. The first kappa shape index (κ1) is 26.6. The molecule has 0 aliphatic heterocycles. The predicted molar refractivity (Wildman–Crippen MR) is 132 cm³/mol. The number of hydrogen-bond acceptors (Lipinski definition) is 5. The van der Waals surface area contributed by atoms with Crippen LogP contribution in [-0.2, 0) is 26.2 Å². The van der Waals surface area contributed by atoms with Crippen LogP contribution in [-0.4, -0.2) is 31.0 Å². The number of primary amides is 2. The SMILES string of the molecule is Cc1cc(F)ccc1-c1cc(CNS(=O)(=O)CC(N)=O)cc(C(C(N)=O)c2c(Cl)cccc2Cl)n1. The second kappa shape index (κ2) is 10.7. The van der Waals surface area contributed by atoms with E-state index in [1.54, 1.807) is 31.2 Å².